The lowest BCUT2D eigenvalue weighted by Gasteiger charge is -2.18. The molecule has 2 heterocycles. The molecule has 0 radical (unpaired) electrons. The third-order valence-electron chi connectivity index (χ3n) is 4.13. The third-order valence-corrected chi connectivity index (χ3v) is 5.54. The van der Waals surface area contributed by atoms with Crippen molar-refractivity contribution in [3.8, 4) is 0 Å². The van der Waals surface area contributed by atoms with Crippen LogP contribution in [0.5, 0.6) is 0 Å². The molecular weight excluding hydrogens is 344 g/mol. The first-order chi connectivity index (χ1) is 11.6. The number of esters is 1. The van der Waals surface area contributed by atoms with Crippen molar-refractivity contribution in [3.05, 3.63) is 34.0 Å². The third kappa shape index (κ3) is 3.59. The number of hydrogen-bond donors (Lipinski definition) is 3. The number of carbonyl (C=O) groups excluding carboxylic acids is 1. The fourth-order valence-corrected chi connectivity index (χ4v) is 4.50. The van der Waals surface area contributed by atoms with Gasteiger partial charge in [-0.3, -0.25) is 5.10 Å². The van der Waals surface area contributed by atoms with Crippen molar-refractivity contribution in [3.63, 3.8) is 0 Å². The van der Waals surface area contributed by atoms with Crippen molar-refractivity contribution in [2.75, 3.05) is 12.4 Å². The van der Waals surface area contributed by atoms with Gasteiger partial charge in [-0.2, -0.15) is 5.10 Å². The summed E-state index contributed by atoms with van der Waals surface area (Å²) in [6, 6.07) is 1.88. The topological polar surface area (TPSA) is 79.0 Å². The maximum absolute atomic E-state index is 12.2. The van der Waals surface area contributed by atoms with Crippen LogP contribution in [0.4, 0.5) is 5.00 Å². The Morgan fingerprint density at radius 2 is 2.42 bits per heavy atom. The molecule has 0 amide bonds. The number of H-pyrrole nitrogens is 1. The largest absolute Gasteiger partial charge is 0.465 e. The van der Waals surface area contributed by atoms with E-state index in [9.17, 15) is 4.79 Å². The Labute approximate surface area is 150 Å². The van der Waals surface area contributed by atoms with E-state index in [1.165, 1.54) is 12.0 Å². The Balaban J connectivity index is 1.76. The molecule has 0 aromatic carbocycles. The van der Waals surface area contributed by atoms with E-state index in [0.717, 1.165) is 35.5 Å². The van der Waals surface area contributed by atoms with Gasteiger partial charge in [0, 0.05) is 11.1 Å². The summed E-state index contributed by atoms with van der Waals surface area (Å²) in [6.45, 7) is 2.78. The molecule has 0 saturated heterocycles. The Morgan fingerprint density at radius 3 is 3.12 bits per heavy atom. The maximum Gasteiger partial charge on any atom is 0.341 e. The fourth-order valence-electron chi connectivity index (χ4n) is 2.86. The number of rotatable bonds is 4. The molecule has 128 valence electrons. The van der Waals surface area contributed by atoms with Crippen molar-refractivity contribution >= 4 is 39.6 Å². The van der Waals surface area contributed by atoms with Crippen LogP contribution in [0.2, 0.25) is 0 Å². The Hall–Kier alpha value is -1.93. The lowest BCUT2D eigenvalue weighted by molar-refractivity contribution is 0.0601. The molecular formula is C16H20N4O2S2. The molecule has 2 aromatic heterocycles. The van der Waals surface area contributed by atoms with E-state index in [1.807, 2.05) is 6.07 Å². The number of nitrogens with one attached hydrogen (secondary N) is 3. The van der Waals surface area contributed by atoms with Crippen molar-refractivity contribution in [1.29, 1.82) is 0 Å². The van der Waals surface area contributed by atoms with Gasteiger partial charge in [0.2, 0.25) is 0 Å². The second kappa shape index (κ2) is 7.31. The fraction of sp³-hybridized carbons (Fsp3) is 0.438. The average molecular weight is 364 g/mol. The van der Waals surface area contributed by atoms with Crippen LogP contribution >= 0.6 is 23.6 Å². The highest BCUT2D eigenvalue weighted by molar-refractivity contribution is 7.80. The molecule has 0 fully saturated rings. The van der Waals surface area contributed by atoms with Crippen molar-refractivity contribution in [2.24, 2.45) is 5.92 Å². The minimum Gasteiger partial charge on any atom is -0.465 e. The number of thiophene rings is 1. The SMILES string of the molecule is COC(=O)c1c(NC(=S)NCc2ccn[nH]2)sc2c1CCC(C)C2. The van der Waals surface area contributed by atoms with E-state index in [0.29, 0.717) is 23.1 Å². The number of methoxy groups -OCH3 is 1. The number of carbonyl (C=O) groups is 1. The molecule has 1 unspecified atom stereocenters. The quantitative estimate of drug-likeness (QED) is 0.572. The normalized spacial score (nSPS) is 16.3. The van der Waals surface area contributed by atoms with Crippen LogP contribution < -0.4 is 10.6 Å². The van der Waals surface area contributed by atoms with E-state index in [-0.39, 0.29) is 5.97 Å². The summed E-state index contributed by atoms with van der Waals surface area (Å²) in [6.07, 6.45) is 4.69. The first-order valence-corrected chi connectivity index (χ1v) is 9.07. The number of hydrogen-bond acceptors (Lipinski definition) is 5. The first kappa shape index (κ1) is 16.9. The Kier molecular flexibility index (Phi) is 5.15. The van der Waals surface area contributed by atoms with Crippen molar-refractivity contribution in [2.45, 2.75) is 32.7 Å². The van der Waals surface area contributed by atoms with Gasteiger partial charge >= 0.3 is 5.97 Å². The van der Waals surface area contributed by atoms with Gasteiger partial charge in [0.1, 0.15) is 5.00 Å². The zero-order chi connectivity index (χ0) is 17.1. The van der Waals surface area contributed by atoms with Crippen molar-refractivity contribution in [1.82, 2.24) is 15.5 Å². The standard InChI is InChI=1S/C16H20N4O2S2/c1-9-3-4-11-12(7-9)24-14(13(11)15(21)22-2)19-16(23)17-8-10-5-6-18-20-10/h5-6,9H,3-4,7-8H2,1-2H3,(H,18,20)(H2,17,19,23). The number of anilines is 1. The van der Waals surface area contributed by atoms with E-state index < -0.39 is 0 Å². The molecule has 1 aliphatic carbocycles. The van der Waals surface area contributed by atoms with Crippen LogP contribution in [0.15, 0.2) is 12.3 Å². The number of aromatic amines is 1. The lowest BCUT2D eigenvalue weighted by Crippen LogP contribution is -2.28. The second-order valence-electron chi connectivity index (χ2n) is 5.94. The number of nitrogens with zero attached hydrogens (tertiary/aromatic N) is 1. The minimum absolute atomic E-state index is 0.305. The zero-order valence-electron chi connectivity index (χ0n) is 13.6. The maximum atomic E-state index is 12.2. The summed E-state index contributed by atoms with van der Waals surface area (Å²) in [5.74, 6) is 0.334. The Morgan fingerprint density at radius 1 is 1.58 bits per heavy atom. The number of aromatic nitrogens is 2. The molecule has 0 bridgehead atoms. The molecule has 3 rings (SSSR count). The highest BCUT2D eigenvalue weighted by Gasteiger charge is 2.28. The van der Waals surface area contributed by atoms with Gasteiger partial charge in [-0.05, 0) is 49.0 Å². The van der Waals surface area contributed by atoms with Crippen LogP contribution in [0.1, 0.15) is 39.8 Å². The molecule has 8 heteroatoms. The van der Waals surface area contributed by atoms with Gasteiger partial charge in [-0.1, -0.05) is 6.92 Å². The smallest absolute Gasteiger partial charge is 0.341 e. The lowest BCUT2D eigenvalue weighted by atomic mass is 9.88. The summed E-state index contributed by atoms with van der Waals surface area (Å²) in [5.41, 5.74) is 2.69. The number of thiocarbonyl (C=S) groups is 1. The monoisotopic (exact) mass is 364 g/mol. The van der Waals surface area contributed by atoms with E-state index in [1.54, 1.807) is 17.5 Å². The summed E-state index contributed by atoms with van der Waals surface area (Å²) in [4.78, 5) is 13.5. The molecule has 3 N–H and O–H groups in total. The summed E-state index contributed by atoms with van der Waals surface area (Å²) in [7, 11) is 1.41. The number of ether oxygens (including phenoxy) is 1. The Bertz CT molecular complexity index is 740. The van der Waals surface area contributed by atoms with Gasteiger partial charge in [0.15, 0.2) is 5.11 Å². The van der Waals surface area contributed by atoms with Crippen molar-refractivity contribution < 1.29 is 9.53 Å². The van der Waals surface area contributed by atoms with Gasteiger partial charge in [0.25, 0.3) is 0 Å². The molecule has 0 spiro atoms. The first-order valence-electron chi connectivity index (χ1n) is 7.84. The van der Waals surface area contributed by atoms with E-state index >= 15 is 0 Å². The summed E-state index contributed by atoms with van der Waals surface area (Å²) >= 11 is 6.95. The van der Waals surface area contributed by atoms with Gasteiger partial charge < -0.3 is 15.4 Å². The van der Waals surface area contributed by atoms with Gasteiger partial charge in [0.05, 0.1) is 24.9 Å². The highest BCUT2D eigenvalue weighted by atomic mass is 32.1. The van der Waals surface area contributed by atoms with E-state index in [2.05, 4.69) is 27.8 Å². The molecule has 1 aliphatic rings. The predicted molar refractivity (Wildman–Crippen MR) is 98.5 cm³/mol. The van der Waals surface area contributed by atoms with E-state index in [4.69, 9.17) is 17.0 Å². The summed E-state index contributed by atoms with van der Waals surface area (Å²) < 4.78 is 4.98. The molecule has 1 atom stereocenters. The van der Waals surface area contributed by atoms with Crippen LogP contribution in [0.25, 0.3) is 0 Å². The minimum atomic E-state index is -0.305. The van der Waals surface area contributed by atoms with Crippen LogP contribution in [-0.2, 0) is 24.1 Å². The highest BCUT2D eigenvalue weighted by Crippen LogP contribution is 2.39. The second-order valence-corrected chi connectivity index (χ2v) is 7.45. The van der Waals surface area contributed by atoms with Crippen LogP contribution in [0.3, 0.4) is 0 Å². The molecule has 0 aliphatic heterocycles. The van der Waals surface area contributed by atoms with Gasteiger partial charge in [-0.15, -0.1) is 11.3 Å². The predicted octanol–water partition coefficient (Wildman–Crippen LogP) is 2.87. The molecule has 24 heavy (non-hydrogen) atoms. The number of fused-ring (bicyclic) bond motifs is 1. The average Bonchev–Trinajstić information content (AvgIpc) is 3.19. The van der Waals surface area contributed by atoms with Crippen LogP contribution in [0, 0.1) is 5.92 Å². The zero-order valence-corrected chi connectivity index (χ0v) is 15.3. The molecule has 2 aromatic rings. The molecule has 0 saturated carbocycles. The summed E-state index contributed by atoms with van der Waals surface area (Å²) in [5, 5.41) is 14.3. The van der Waals surface area contributed by atoms with Gasteiger partial charge in [-0.25, -0.2) is 4.79 Å². The molecule has 6 nitrogen and oxygen atoms in total. The van der Waals surface area contributed by atoms with Crippen LogP contribution in [-0.4, -0.2) is 28.4 Å².